The van der Waals surface area contributed by atoms with Crippen molar-refractivity contribution in [2.45, 2.75) is 37.8 Å². The third-order valence-electron chi connectivity index (χ3n) is 3.18. The molecule has 114 valence electrons. The number of aromatic nitrogens is 2. The summed E-state index contributed by atoms with van der Waals surface area (Å²) in [6.07, 6.45) is 2.00. The third-order valence-corrected chi connectivity index (χ3v) is 5.28. The molecule has 1 aromatic heterocycles. The Labute approximate surface area is 133 Å². The van der Waals surface area contributed by atoms with Crippen LogP contribution in [0.5, 0.6) is 0 Å². The molecule has 5 nitrogen and oxygen atoms in total. The Hall–Kier alpha value is -1.18. The molecule has 0 aliphatic heterocycles. The number of hydrogen-bond acceptors (Lipinski definition) is 3. The minimum absolute atomic E-state index is 0.0875. The van der Waals surface area contributed by atoms with E-state index in [0.29, 0.717) is 12.2 Å². The highest BCUT2D eigenvalue weighted by Crippen LogP contribution is 2.24. The molecule has 0 bridgehead atoms. The lowest BCUT2D eigenvalue weighted by molar-refractivity contribution is 0.470. The first kappa shape index (κ1) is 16.2. The first-order valence-electron chi connectivity index (χ1n) is 6.58. The number of aryl methyl sites for hydroxylation is 1. The van der Waals surface area contributed by atoms with E-state index in [9.17, 15) is 8.42 Å². The molecule has 0 amide bonds. The first-order valence-corrected chi connectivity index (χ1v) is 8.86. The second kappa shape index (κ2) is 5.90. The van der Waals surface area contributed by atoms with Crippen LogP contribution in [0.25, 0.3) is 0 Å². The maximum atomic E-state index is 12.4. The second-order valence-corrected chi connectivity index (χ2v) is 7.85. The van der Waals surface area contributed by atoms with Crippen molar-refractivity contribution in [3.8, 4) is 0 Å². The van der Waals surface area contributed by atoms with E-state index in [1.165, 1.54) is 6.20 Å². The van der Waals surface area contributed by atoms with E-state index in [0.717, 1.165) is 10.0 Å². The Morgan fingerprint density at radius 1 is 1.29 bits per heavy atom. The van der Waals surface area contributed by atoms with Gasteiger partial charge in [0.05, 0.1) is 11.7 Å². The van der Waals surface area contributed by atoms with Crippen LogP contribution in [0.4, 0.5) is 0 Å². The average molecular weight is 372 g/mol. The molecule has 0 spiro atoms. The number of H-pyrrole nitrogens is 1. The summed E-state index contributed by atoms with van der Waals surface area (Å²) in [6.45, 7) is 5.56. The van der Waals surface area contributed by atoms with E-state index in [1.54, 1.807) is 0 Å². The highest BCUT2D eigenvalue weighted by Gasteiger charge is 2.29. The lowest BCUT2D eigenvalue weighted by Crippen LogP contribution is -2.41. The fourth-order valence-electron chi connectivity index (χ4n) is 1.98. The van der Waals surface area contributed by atoms with Crippen LogP contribution in [-0.4, -0.2) is 18.4 Å². The molecule has 2 N–H and O–H groups in total. The van der Waals surface area contributed by atoms with Gasteiger partial charge >= 0.3 is 0 Å². The number of benzene rings is 1. The smallest absolute Gasteiger partial charge is 0.258 e. The van der Waals surface area contributed by atoms with E-state index < -0.39 is 15.6 Å². The summed E-state index contributed by atoms with van der Waals surface area (Å²) in [5, 5.41) is 0.0875. The van der Waals surface area contributed by atoms with Gasteiger partial charge in [-0.15, -0.1) is 0 Å². The fourth-order valence-corrected chi connectivity index (χ4v) is 3.58. The Kier molecular flexibility index (Phi) is 4.55. The topological polar surface area (TPSA) is 74.8 Å². The van der Waals surface area contributed by atoms with Gasteiger partial charge in [0.25, 0.3) is 10.0 Å². The molecule has 0 saturated heterocycles. The molecule has 0 unspecified atom stereocenters. The molecule has 0 radical (unpaired) electrons. The predicted octanol–water partition coefficient (Wildman–Crippen LogP) is 2.95. The van der Waals surface area contributed by atoms with Crippen molar-refractivity contribution in [1.29, 1.82) is 0 Å². The number of nitrogens with one attached hydrogen (secondary N) is 2. The number of sulfonamides is 1. The van der Waals surface area contributed by atoms with Gasteiger partial charge < -0.3 is 4.98 Å². The van der Waals surface area contributed by atoms with Crippen LogP contribution in [0, 0.1) is 0 Å². The highest BCUT2D eigenvalue weighted by atomic mass is 79.9. The van der Waals surface area contributed by atoms with Crippen LogP contribution in [-0.2, 0) is 22.0 Å². The standard InChI is InChI=1S/C14H18BrN3O2S/c1-4-12-16-9-13(17-12)21(19,20)18-14(2,3)10-5-7-11(15)8-6-10/h5-9,18H,4H2,1-3H3,(H,16,17). The van der Waals surface area contributed by atoms with Crippen LogP contribution < -0.4 is 4.72 Å². The predicted molar refractivity (Wildman–Crippen MR) is 85.5 cm³/mol. The third kappa shape index (κ3) is 3.72. The first-order chi connectivity index (χ1) is 9.74. The van der Waals surface area contributed by atoms with Crippen LogP contribution in [0.1, 0.15) is 32.2 Å². The SMILES string of the molecule is CCc1ncc(S(=O)(=O)NC(C)(C)c2ccc(Br)cc2)[nH]1. The lowest BCUT2D eigenvalue weighted by atomic mass is 9.96. The molecule has 21 heavy (non-hydrogen) atoms. The van der Waals surface area contributed by atoms with Crippen molar-refractivity contribution in [2.75, 3.05) is 0 Å². The van der Waals surface area contributed by atoms with Gasteiger partial charge in [0, 0.05) is 10.9 Å². The van der Waals surface area contributed by atoms with Crippen LogP contribution in [0.2, 0.25) is 0 Å². The van der Waals surface area contributed by atoms with Crippen molar-refractivity contribution in [3.63, 3.8) is 0 Å². The zero-order valence-electron chi connectivity index (χ0n) is 12.1. The molecule has 1 heterocycles. The van der Waals surface area contributed by atoms with Crippen molar-refractivity contribution < 1.29 is 8.42 Å². The normalized spacial score (nSPS) is 12.6. The summed E-state index contributed by atoms with van der Waals surface area (Å²) in [7, 11) is -3.65. The number of hydrogen-bond donors (Lipinski definition) is 2. The molecule has 2 rings (SSSR count). The molecule has 7 heteroatoms. The van der Waals surface area contributed by atoms with E-state index in [1.807, 2.05) is 45.0 Å². The lowest BCUT2D eigenvalue weighted by Gasteiger charge is -2.26. The largest absolute Gasteiger partial charge is 0.332 e. The van der Waals surface area contributed by atoms with Crippen molar-refractivity contribution in [2.24, 2.45) is 0 Å². The minimum atomic E-state index is -3.65. The molecule has 1 aromatic carbocycles. The zero-order chi connectivity index (χ0) is 15.7. The van der Waals surface area contributed by atoms with Crippen LogP contribution >= 0.6 is 15.9 Å². The molecule has 0 atom stereocenters. The minimum Gasteiger partial charge on any atom is -0.332 e. The molecular weight excluding hydrogens is 354 g/mol. The van der Waals surface area contributed by atoms with E-state index in [2.05, 4.69) is 30.6 Å². The number of imidazole rings is 1. The van der Waals surface area contributed by atoms with Gasteiger partial charge in [-0.3, -0.25) is 0 Å². The van der Waals surface area contributed by atoms with Gasteiger partial charge in [0.15, 0.2) is 5.03 Å². The average Bonchev–Trinajstić information content (AvgIpc) is 2.87. The molecular formula is C14H18BrN3O2S. The van der Waals surface area contributed by atoms with Gasteiger partial charge in [-0.05, 0) is 31.5 Å². The molecule has 0 fully saturated rings. The quantitative estimate of drug-likeness (QED) is 0.848. The molecule has 2 aromatic rings. The number of aromatic amines is 1. The molecule has 0 aliphatic carbocycles. The van der Waals surface area contributed by atoms with E-state index >= 15 is 0 Å². The van der Waals surface area contributed by atoms with Crippen molar-refractivity contribution in [1.82, 2.24) is 14.7 Å². The van der Waals surface area contributed by atoms with Gasteiger partial charge in [0.1, 0.15) is 5.82 Å². The highest BCUT2D eigenvalue weighted by molar-refractivity contribution is 9.10. The zero-order valence-corrected chi connectivity index (χ0v) is 14.5. The summed E-state index contributed by atoms with van der Waals surface area (Å²) in [6, 6.07) is 7.54. The number of rotatable bonds is 5. The summed E-state index contributed by atoms with van der Waals surface area (Å²) < 4.78 is 28.5. The monoisotopic (exact) mass is 371 g/mol. The number of halogens is 1. The second-order valence-electron chi connectivity index (χ2n) is 5.29. The Balaban J connectivity index is 2.28. The van der Waals surface area contributed by atoms with E-state index in [-0.39, 0.29) is 5.03 Å². The van der Waals surface area contributed by atoms with Gasteiger partial charge in [0.2, 0.25) is 0 Å². The van der Waals surface area contributed by atoms with E-state index in [4.69, 9.17) is 0 Å². The summed E-state index contributed by atoms with van der Waals surface area (Å²) in [5.41, 5.74) is 0.154. The summed E-state index contributed by atoms with van der Waals surface area (Å²) >= 11 is 3.37. The maximum absolute atomic E-state index is 12.4. The van der Waals surface area contributed by atoms with Gasteiger partial charge in [-0.25, -0.2) is 13.4 Å². The van der Waals surface area contributed by atoms with Crippen molar-refractivity contribution >= 4 is 26.0 Å². The van der Waals surface area contributed by atoms with Gasteiger partial charge in [-0.1, -0.05) is 35.0 Å². The Bertz CT molecular complexity index is 721. The Morgan fingerprint density at radius 3 is 2.43 bits per heavy atom. The van der Waals surface area contributed by atoms with Gasteiger partial charge in [-0.2, -0.15) is 4.72 Å². The number of nitrogens with zero attached hydrogens (tertiary/aromatic N) is 1. The molecule has 0 aliphatic rings. The molecule has 0 saturated carbocycles. The van der Waals surface area contributed by atoms with Crippen molar-refractivity contribution in [3.05, 3.63) is 46.3 Å². The Morgan fingerprint density at radius 2 is 1.90 bits per heavy atom. The van der Waals surface area contributed by atoms with Crippen LogP contribution in [0.3, 0.4) is 0 Å². The summed E-state index contributed by atoms with van der Waals surface area (Å²) in [5.74, 6) is 0.650. The maximum Gasteiger partial charge on any atom is 0.258 e. The van der Waals surface area contributed by atoms with Crippen LogP contribution in [0.15, 0.2) is 40.0 Å². The fraction of sp³-hybridized carbons (Fsp3) is 0.357. The summed E-state index contributed by atoms with van der Waals surface area (Å²) in [4.78, 5) is 6.85.